The number of aryl methyl sites for hydroxylation is 1. The Morgan fingerprint density at radius 1 is 1.10 bits per heavy atom. The second kappa shape index (κ2) is 8.37. The van der Waals surface area contributed by atoms with Gasteiger partial charge in [0.25, 0.3) is 0 Å². The minimum Gasteiger partial charge on any atom is -0.354 e. The molecule has 0 bridgehead atoms. The molecule has 3 aromatic rings. The summed E-state index contributed by atoms with van der Waals surface area (Å²) in [6, 6.07) is 15.2. The van der Waals surface area contributed by atoms with Gasteiger partial charge < -0.3 is 14.8 Å². The Bertz CT molecular complexity index is 985. The number of rotatable bonds is 5. The van der Waals surface area contributed by atoms with Crippen molar-refractivity contribution >= 4 is 16.8 Å². The van der Waals surface area contributed by atoms with Crippen LogP contribution in [0.1, 0.15) is 24.8 Å². The van der Waals surface area contributed by atoms with E-state index in [1.807, 2.05) is 23.1 Å². The van der Waals surface area contributed by atoms with Crippen LogP contribution in [0.5, 0.6) is 0 Å². The molecule has 1 aromatic heterocycles. The van der Waals surface area contributed by atoms with Crippen LogP contribution < -0.4 is 0 Å². The van der Waals surface area contributed by atoms with E-state index in [0.29, 0.717) is 18.9 Å². The lowest BCUT2D eigenvalue weighted by Crippen LogP contribution is -2.44. The molecule has 152 valence electrons. The molecule has 0 radical (unpaired) electrons. The van der Waals surface area contributed by atoms with Gasteiger partial charge in [-0.1, -0.05) is 18.2 Å². The summed E-state index contributed by atoms with van der Waals surface area (Å²) in [5.74, 6) is -0.0275. The van der Waals surface area contributed by atoms with Gasteiger partial charge in [-0.2, -0.15) is 0 Å². The van der Waals surface area contributed by atoms with E-state index in [4.69, 9.17) is 0 Å². The van der Waals surface area contributed by atoms with E-state index in [9.17, 15) is 9.18 Å². The Labute approximate surface area is 171 Å². The number of carbonyl (C=O) groups excluding carboxylic acids is 1. The maximum Gasteiger partial charge on any atom is 0.222 e. The number of carbonyl (C=O) groups is 1. The Kier molecular flexibility index (Phi) is 5.67. The zero-order chi connectivity index (χ0) is 20.4. The van der Waals surface area contributed by atoms with Crippen LogP contribution in [0.4, 0.5) is 4.39 Å². The van der Waals surface area contributed by atoms with Crippen LogP contribution in [-0.2, 0) is 11.2 Å². The van der Waals surface area contributed by atoms with Crippen LogP contribution in [0.25, 0.3) is 22.2 Å². The van der Waals surface area contributed by atoms with Crippen molar-refractivity contribution in [3.63, 3.8) is 0 Å². The van der Waals surface area contributed by atoms with Crippen molar-refractivity contribution in [3.05, 3.63) is 59.9 Å². The molecule has 0 atom stereocenters. The molecule has 2 aromatic carbocycles. The van der Waals surface area contributed by atoms with Gasteiger partial charge in [0.1, 0.15) is 5.82 Å². The monoisotopic (exact) mass is 393 g/mol. The van der Waals surface area contributed by atoms with Gasteiger partial charge in [-0.05, 0) is 74.8 Å². The van der Waals surface area contributed by atoms with Crippen LogP contribution in [-0.4, -0.2) is 53.9 Å². The summed E-state index contributed by atoms with van der Waals surface area (Å²) < 4.78 is 13.4. The lowest BCUT2D eigenvalue weighted by atomic mass is 9.99. The molecule has 1 saturated heterocycles. The number of piperidine rings is 1. The Morgan fingerprint density at radius 3 is 2.48 bits per heavy atom. The third-order valence-corrected chi connectivity index (χ3v) is 6.08. The van der Waals surface area contributed by atoms with Gasteiger partial charge >= 0.3 is 0 Å². The van der Waals surface area contributed by atoms with E-state index in [1.165, 1.54) is 12.1 Å². The first kappa shape index (κ1) is 19.6. The number of hydrogen-bond acceptors (Lipinski definition) is 2. The molecule has 2 heterocycles. The maximum atomic E-state index is 13.4. The van der Waals surface area contributed by atoms with E-state index in [2.05, 4.69) is 30.0 Å². The molecular formula is C24H28FN3O. The minimum atomic E-state index is -0.247. The highest BCUT2D eigenvalue weighted by Gasteiger charge is 2.24. The highest BCUT2D eigenvalue weighted by Crippen LogP contribution is 2.31. The van der Waals surface area contributed by atoms with Crippen molar-refractivity contribution < 1.29 is 9.18 Å². The summed E-state index contributed by atoms with van der Waals surface area (Å²) in [6.45, 7) is 1.67. The fraction of sp³-hybridized carbons (Fsp3) is 0.375. The SMILES string of the molecule is CN(C)C1CCN(C(=O)CCc2c(-c3ccc(F)cc3)[nH]c3ccccc23)CC1. The zero-order valence-corrected chi connectivity index (χ0v) is 17.1. The number of hydrogen-bond donors (Lipinski definition) is 1. The molecular weight excluding hydrogens is 365 g/mol. The van der Waals surface area contributed by atoms with E-state index in [1.54, 1.807) is 12.1 Å². The van der Waals surface area contributed by atoms with Gasteiger partial charge in [-0.15, -0.1) is 0 Å². The number of para-hydroxylation sites is 1. The van der Waals surface area contributed by atoms with E-state index in [-0.39, 0.29) is 11.7 Å². The van der Waals surface area contributed by atoms with Crippen LogP contribution in [0.2, 0.25) is 0 Å². The van der Waals surface area contributed by atoms with E-state index < -0.39 is 0 Å². The van der Waals surface area contributed by atoms with Crippen LogP contribution in [0.3, 0.4) is 0 Å². The van der Waals surface area contributed by atoms with Gasteiger partial charge in [0.15, 0.2) is 0 Å². The first-order valence-electron chi connectivity index (χ1n) is 10.3. The lowest BCUT2D eigenvalue weighted by Gasteiger charge is -2.35. The number of benzene rings is 2. The first-order chi connectivity index (χ1) is 14.0. The molecule has 1 fully saturated rings. The van der Waals surface area contributed by atoms with Gasteiger partial charge in [0.2, 0.25) is 5.91 Å². The zero-order valence-electron chi connectivity index (χ0n) is 17.1. The van der Waals surface area contributed by atoms with E-state index in [0.717, 1.165) is 53.7 Å². The van der Waals surface area contributed by atoms with E-state index >= 15 is 0 Å². The maximum absolute atomic E-state index is 13.4. The predicted octanol–water partition coefficient (Wildman–Crippen LogP) is 4.46. The van der Waals surface area contributed by atoms with Crippen molar-refractivity contribution in [2.45, 2.75) is 31.7 Å². The third-order valence-electron chi connectivity index (χ3n) is 6.08. The van der Waals surface area contributed by atoms with Crippen molar-refractivity contribution in [2.75, 3.05) is 27.2 Å². The molecule has 1 N–H and O–H groups in total. The van der Waals surface area contributed by atoms with Gasteiger partial charge in [0, 0.05) is 42.1 Å². The van der Waals surface area contributed by atoms with Gasteiger partial charge in [-0.25, -0.2) is 4.39 Å². The smallest absolute Gasteiger partial charge is 0.222 e. The lowest BCUT2D eigenvalue weighted by molar-refractivity contribution is -0.132. The van der Waals surface area contributed by atoms with Gasteiger partial charge in [0.05, 0.1) is 0 Å². The van der Waals surface area contributed by atoms with Gasteiger partial charge in [-0.3, -0.25) is 4.79 Å². The number of fused-ring (bicyclic) bond motifs is 1. The topological polar surface area (TPSA) is 39.3 Å². The number of aromatic nitrogens is 1. The van der Waals surface area contributed by atoms with Crippen molar-refractivity contribution in [1.82, 2.24) is 14.8 Å². The standard InChI is InChI=1S/C24H28FN3O/c1-27(2)19-13-15-28(16-14-19)23(29)12-11-21-20-5-3-4-6-22(20)26-24(21)17-7-9-18(25)10-8-17/h3-10,19,26H,11-16H2,1-2H3. The number of amides is 1. The number of nitrogens with one attached hydrogen (secondary N) is 1. The summed E-state index contributed by atoms with van der Waals surface area (Å²) in [7, 11) is 4.21. The van der Waals surface area contributed by atoms with Crippen LogP contribution >= 0.6 is 0 Å². The van der Waals surface area contributed by atoms with Crippen molar-refractivity contribution in [1.29, 1.82) is 0 Å². The summed E-state index contributed by atoms with van der Waals surface area (Å²) in [6.07, 6.45) is 3.23. The summed E-state index contributed by atoms with van der Waals surface area (Å²) in [4.78, 5) is 20.6. The van der Waals surface area contributed by atoms with Crippen molar-refractivity contribution in [2.24, 2.45) is 0 Å². The fourth-order valence-corrected chi connectivity index (χ4v) is 4.34. The number of H-pyrrole nitrogens is 1. The molecule has 1 aliphatic heterocycles. The molecule has 5 heteroatoms. The average molecular weight is 394 g/mol. The number of halogens is 1. The predicted molar refractivity (Wildman–Crippen MR) is 115 cm³/mol. The molecule has 1 amide bonds. The quantitative estimate of drug-likeness (QED) is 0.695. The fourth-order valence-electron chi connectivity index (χ4n) is 4.34. The molecule has 0 unspecified atom stereocenters. The normalized spacial score (nSPS) is 15.4. The van der Waals surface area contributed by atoms with Crippen LogP contribution in [0.15, 0.2) is 48.5 Å². The summed E-state index contributed by atoms with van der Waals surface area (Å²) in [5.41, 5.74) is 4.09. The molecule has 4 rings (SSSR count). The third kappa shape index (κ3) is 4.20. The Balaban J connectivity index is 1.52. The molecule has 0 saturated carbocycles. The highest BCUT2D eigenvalue weighted by molar-refractivity contribution is 5.91. The minimum absolute atomic E-state index is 0.220. The number of aromatic amines is 1. The summed E-state index contributed by atoms with van der Waals surface area (Å²) in [5, 5.41) is 1.13. The summed E-state index contributed by atoms with van der Waals surface area (Å²) >= 11 is 0. The highest BCUT2D eigenvalue weighted by atomic mass is 19.1. The molecule has 0 spiro atoms. The van der Waals surface area contributed by atoms with Crippen LogP contribution in [0, 0.1) is 5.82 Å². The first-order valence-corrected chi connectivity index (χ1v) is 10.3. The number of likely N-dealkylation sites (tertiary alicyclic amines) is 1. The molecule has 29 heavy (non-hydrogen) atoms. The number of nitrogens with zero attached hydrogens (tertiary/aromatic N) is 2. The van der Waals surface area contributed by atoms with Crippen molar-refractivity contribution in [3.8, 4) is 11.3 Å². The largest absolute Gasteiger partial charge is 0.354 e. The molecule has 1 aliphatic rings. The second-order valence-corrected chi connectivity index (χ2v) is 8.11. The molecule has 0 aliphatic carbocycles. The second-order valence-electron chi connectivity index (χ2n) is 8.11. The Morgan fingerprint density at radius 2 is 1.79 bits per heavy atom. The molecule has 4 nitrogen and oxygen atoms in total. The Hall–Kier alpha value is -2.66. The average Bonchev–Trinajstić information content (AvgIpc) is 3.11.